The SMILES string of the molecule is CCCOC(=O)NC1CC1c1cccc(OC(=O)OC(C)(C)C)c1. The zero-order chi connectivity index (χ0) is 17.7. The highest BCUT2D eigenvalue weighted by molar-refractivity contribution is 5.68. The highest BCUT2D eigenvalue weighted by Gasteiger charge is 2.40. The van der Waals surface area contributed by atoms with Crippen LogP contribution < -0.4 is 10.1 Å². The summed E-state index contributed by atoms with van der Waals surface area (Å²) < 4.78 is 15.4. The maximum Gasteiger partial charge on any atom is 0.514 e. The lowest BCUT2D eigenvalue weighted by Gasteiger charge is -2.18. The van der Waals surface area contributed by atoms with E-state index in [1.807, 2.05) is 19.1 Å². The fourth-order valence-corrected chi connectivity index (χ4v) is 2.29. The molecule has 1 amide bonds. The van der Waals surface area contributed by atoms with Crippen molar-refractivity contribution in [2.75, 3.05) is 6.61 Å². The second-order valence-corrected chi connectivity index (χ2v) is 6.87. The first-order chi connectivity index (χ1) is 11.3. The Morgan fingerprint density at radius 2 is 2.04 bits per heavy atom. The van der Waals surface area contributed by atoms with Gasteiger partial charge >= 0.3 is 12.2 Å². The average Bonchev–Trinajstić information content (AvgIpc) is 3.22. The average molecular weight is 335 g/mol. The van der Waals surface area contributed by atoms with Crippen LogP contribution in [-0.4, -0.2) is 30.5 Å². The van der Waals surface area contributed by atoms with Crippen molar-refractivity contribution in [1.29, 1.82) is 0 Å². The number of rotatable bonds is 5. The van der Waals surface area contributed by atoms with E-state index in [0.29, 0.717) is 12.4 Å². The normalized spacial score (nSPS) is 19.3. The third-order valence-electron chi connectivity index (χ3n) is 3.41. The fraction of sp³-hybridized carbons (Fsp3) is 0.556. The molecule has 132 valence electrons. The Bertz CT molecular complexity index is 593. The van der Waals surface area contributed by atoms with Gasteiger partial charge in [-0.3, -0.25) is 0 Å². The van der Waals surface area contributed by atoms with E-state index in [1.54, 1.807) is 32.9 Å². The Hall–Kier alpha value is -2.24. The van der Waals surface area contributed by atoms with Gasteiger partial charge in [-0.2, -0.15) is 0 Å². The number of nitrogens with one attached hydrogen (secondary N) is 1. The molecule has 0 aliphatic heterocycles. The quantitative estimate of drug-likeness (QED) is 0.650. The standard InChI is InChI=1S/C18H25NO5/c1-5-9-22-16(20)19-15-11-14(15)12-7-6-8-13(10-12)23-17(21)24-18(2,3)4/h6-8,10,14-15H,5,9,11H2,1-4H3,(H,19,20). The third kappa shape index (κ3) is 5.76. The number of alkyl carbamates (subject to hydrolysis) is 1. The maximum absolute atomic E-state index is 11.7. The molecule has 1 aromatic rings. The largest absolute Gasteiger partial charge is 0.514 e. The second kappa shape index (κ2) is 7.55. The summed E-state index contributed by atoms with van der Waals surface area (Å²) in [6.07, 6.45) is 0.529. The number of hydrogen-bond acceptors (Lipinski definition) is 5. The first-order valence-electron chi connectivity index (χ1n) is 8.22. The van der Waals surface area contributed by atoms with E-state index in [-0.39, 0.29) is 18.1 Å². The van der Waals surface area contributed by atoms with E-state index in [4.69, 9.17) is 14.2 Å². The smallest absolute Gasteiger partial charge is 0.450 e. The molecule has 0 aromatic heterocycles. The van der Waals surface area contributed by atoms with Crippen LogP contribution in [0.15, 0.2) is 24.3 Å². The molecule has 1 fully saturated rings. The molecule has 2 rings (SSSR count). The number of carbonyl (C=O) groups is 2. The molecule has 1 aliphatic carbocycles. The Balaban J connectivity index is 1.88. The molecule has 24 heavy (non-hydrogen) atoms. The van der Waals surface area contributed by atoms with Crippen molar-refractivity contribution in [3.8, 4) is 5.75 Å². The molecule has 0 saturated heterocycles. The van der Waals surface area contributed by atoms with Gasteiger partial charge in [0.25, 0.3) is 0 Å². The molecule has 0 radical (unpaired) electrons. The molecule has 0 bridgehead atoms. The molecule has 1 N–H and O–H groups in total. The molecular formula is C18H25NO5. The lowest BCUT2D eigenvalue weighted by Crippen LogP contribution is -2.27. The first-order valence-corrected chi connectivity index (χ1v) is 8.22. The molecule has 0 heterocycles. The van der Waals surface area contributed by atoms with Gasteiger partial charge in [0.05, 0.1) is 6.61 Å². The van der Waals surface area contributed by atoms with Gasteiger partial charge in [0.1, 0.15) is 11.4 Å². The molecule has 1 saturated carbocycles. The Kier molecular flexibility index (Phi) is 5.70. The zero-order valence-corrected chi connectivity index (χ0v) is 14.6. The van der Waals surface area contributed by atoms with E-state index in [9.17, 15) is 9.59 Å². The van der Waals surface area contributed by atoms with Crippen LogP contribution in [0.1, 0.15) is 52.0 Å². The van der Waals surface area contributed by atoms with Crippen molar-refractivity contribution in [2.24, 2.45) is 0 Å². The van der Waals surface area contributed by atoms with Gasteiger partial charge < -0.3 is 19.5 Å². The minimum absolute atomic E-state index is 0.0612. The minimum atomic E-state index is -0.728. The molecule has 1 aromatic carbocycles. The molecule has 2 unspecified atom stereocenters. The molecular weight excluding hydrogens is 310 g/mol. The van der Waals surface area contributed by atoms with Crippen molar-refractivity contribution in [3.63, 3.8) is 0 Å². The van der Waals surface area contributed by atoms with E-state index >= 15 is 0 Å². The predicted molar refractivity (Wildman–Crippen MR) is 89.2 cm³/mol. The lowest BCUT2D eigenvalue weighted by atomic mass is 10.1. The van der Waals surface area contributed by atoms with Crippen molar-refractivity contribution >= 4 is 12.2 Å². The van der Waals surface area contributed by atoms with E-state index < -0.39 is 11.8 Å². The van der Waals surface area contributed by atoms with Crippen molar-refractivity contribution in [3.05, 3.63) is 29.8 Å². The third-order valence-corrected chi connectivity index (χ3v) is 3.41. The summed E-state index contributed by atoms with van der Waals surface area (Å²) in [6.45, 7) is 7.71. The lowest BCUT2D eigenvalue weighted by molar-refractivity contribution is 0.0206. The van der Waals surface area contributed by atoms with E-state index in [0.717, 1.165) is 18.4 Å². The van der Waals surface area contributed by atoms with Crippen LogP contribution in [-0.2, 0) is 9.47 Å². The topological polar surface area (TPSA) is 73.9 Å². The monoisotopic (exact) mass is 335 g/mol. The Morgan fingerprint density at radius 1 is 1.29 bits per heavy atom. The van der Waals surface area contributed by atoms with Crippen LogP contribution >= 0.6 is 0 Å². The summed E-state index contributed by atoms with van der Waals surface area (Å²) >= 11 is 0. The van der Waals surface area contributed by atoms with Crippen LogP contribution in [0.2, 0.25) is 0 Å². The summed E-state index contributed by atoms with van der Waals surface area (Å²) in [7, 11) is 0. The fourth-order valence-electron chi connectivity index (χ4n) is 2.29. The van der Waals surface area contributed by atoms with Crippen molar-refractivity contribution in [2.45, 2.75) is 58.1 Å². The van der Waals surface area contributed by atoms with Crippen LogP contribution in [0.4, 0.5) is 9.59 Å². The number of hydrogen-bond donors (Lipinski definition) is 1. The van der Waals surface area contributed by atoms with Gasteiger partial charge in [0.15, 0.2) is 0 Å². The van der Waals surface area contributed by atoms with Gasteiger partial charge in [0.2, 0.25) is 0 Å². The number of amides is 1. The molecule has 1 aliphatic rings. The number of benzene rings is 1. The minimum Gasteiger partial charge on any atom is -0.450 e. The number of carbonyl (C=O) groups excluding carboxylic acids is 2. The highest BCUT2D eigenvalue weighted by Crippen LogP contribution is 2.41. The molecule has 2 atom stereocenters. The van der Waals surface area contributed by atoms with Crippen LogP contribution in [0.3, 0.4) is 0 Å². The first kappa shape index (κ1) is 18.1. The van der Waals surface area contributed by atoms with Gasteiger partial charge in [-0.25, -0.2) is 9.59 Å². The van der Waals surface area contributed by atoms with E-state index in [2.05, 4.69) is 5.32 Å². The Morgan fingerprint density at radius 3 is 2.71 bits per heavy atom. The maximum atomic E-state index is 11.7. The summed E-state index contributed by atoms with van der Waals surface area (Å²) in [4.78, 5) is 23.3. The molecule has 0 spiro atoms. The summed E-state index contributed by atoms with van der Waals surface area (Å²) in [5.74, 6) is 0.641. The van der Waals surface area contributed by atoms with Gasteiger partial charge in [0, 0.05) is 12.0 Å². The summed E-state index contributed by atoms with van der Waals surface area (Å²) in [5.41, 5.74) is 0.413. The van der Waals surface area contributed by atoms with Crippen molar-refractivity contribution < 1.29 is 23.8 Å². The van der Waals surface area contributed by atoms with Gasteiger partial charge in [-0.15, -0.1) is 0 Å². The highest BCUT2D eigenvalue weighted by atomic mass is 16.7. The van der Waals surface area contributed by atoms with Gasteiger partial charge in [-0.05, 0) is 51.3 Å². The number of ether oxygens (including phenoxy) is 3. The van der Waals surface area contributed by atoms with Crippen LogP contribution in [0.25, 0.3) is 0 Å². The van der Waals surface area contributed by atoms with Crippen LogP contribution in [0, 0.1) is 0 Å². The molecule has 6 nitrogen and oxygen atoms in total. The van der Waals surface area contributed by atoms with Gasteiger partial charge in [-0.1, -0.05) is 19.1 Å². The van der Waals surface area contributed by atoms with Crippen molar-refractivity contribution in [1.82, 2.24) is 5.32 Å². The second-order valence-electron chi connectivity index (χ2n) is 6.87. The molecule has 6 heteroatoms. The predicted octanol–water partition coefficient (Wildman–Crippen LogP) is 3.99. The van der Waals surface area contributed by atoms with E-state index in [1.165, 1.54) is 0 Å². The summed E-state index contributed by atoms with van der Waals surface area (Å²) in [5, 5.41) is 2.83. The Labute approximate surface area is 142 Å². The summed E-state index contributed by atoms with van der Waals surface area (Å²) in [6, 6.07) is 7.33. The zero-order valence-electron chi connectivity index (χ0n) is 14.6. The van der Waals surface area contributed by atoms with Crippen LogP contribution in [0.5, 0.6) is 5.75 Å².